The van der Waals surface area contributed by atoms with Crippen LogP contribution < -0.4 is 0 Å². The average Bonchev–Trinajstić information content (AvgIpc) is 2.68. The van der Waals surface area contributed by atoms with Gasteiger partial charge < -0.3 is 4.98 Å². The van der Waals surface area contributed by atoms with Crippen molar-refractivity contribution < 1.29 is 4.79 Å². The van der Waals surface area contributed by atoms with Gasteiger partial charge in [0.25, 0.3) is 0 Å². The number of carbonyl (C=O) groups excluding carboxylic acids is 1. The first-order valence-electron chi connectivity index (χ1n) is 5.25. The maximum Gasteiger partial charge on any atom is 0.202 e. The van der Waals surface area contributed by atoms with Crippen LogP contribution in [0.1, 0.15) is 27.3 Å². The number of imidazole rings is 1. The highest BCUT2D eigenvalue weighted by Crippen LogP contribution is 2.11. The number of ketones is 1. The molecule has 0 amide bonds. The van der Waals surface area contributed by atoms with E-state index in [4.69, 9.17) is 0 Å². The minimum atomic E-state index is 0.0231. The lowest BCUT2D eigenvalue weighted by Crippen LogP contribution is -2.06. The van der Waals surface area contributed by atoms with Gasteiger partial charge in [-0.25, -0.2) is 4.98 Å². The third-order valence-electron chi connectivity index (χ3n) is 2.41. The summed E-state index contributed by atoms with van der Waals surface area (Å²) in [5.74, 6) is 0.453. The SMILES string of the molecule is Cc1cc(C)cc(CC(=O)c2ncc[nH]2)c1. The van der Waals surface area contributed by atoms with Crippen molar-refractivity contribution in [2.24, 2.45) is 0 Å². The van der Waals surface area contributed by atoms with Gasteiger partial charge in [-0.2, -0.15) is 0 Å². The zero-order chi connectivity index (χ0) is 11.5. The lowest BCUT2D eigenvalue weighted by atomic mass is 10.0. The largest absolute Gasteiger partial charge is 0.342 e. The molecule has 2 rings (SSSR count). The summed E-state index contributed by atoms with van der Waals surface area (Å²) in [5.41, 5.74) is 3.41. The van der Waals surface area contributed by atoms with E-state index in [-0.39, 0.29) is 5.78 Å². The summed E-state index contributed by atoms with van der Waals surface area (Å²) in [6.45, 7) is 4.07. The predicted molar refractivity (Wildman–Crippen MR) is 62.5 cm³/mol. The molecule has 0 aliphatic heterocycles. The number of nitrogens with one attached hydrogen (secondary N) is 1. The van der Waals surface area contributed by atoms with Crippen LogP contribution in [0.15, 0.2) is 30.6 Å². The van der Waals surface area contributed by atoms with Gasteiger partial charge in [0.15, 0.2) is 5.82 Å². The second-order valence-corrected chi connectivity index (χ2v) is 4.03. The first-order chi connectivity index (χ1) is 7.65. The second-order valence-electron chi connectivity index (χ2n) is 4.03. The van der Waals surface area contributed by atoms with Crippen LogP contribution in [0, 0.1) is 13.8 Å². The zero-order valence-corrected chi connectivity index (χ0v) is 9.45. The number of hydrogen-bond acceptors (Lipinski definition) is 2. The number of aryl methyl sites for hydroxylation is 2. The van der Waals surface area contributed by atoms with Crippen LogP contribution in [0.4, 0.5) is 0 Å². The van der Waals surface area contributed by atoms with E-state index in [2.05, 4.69) is 16.0 Å². The van der Waals surface area contributed by atoms with Crippen molar-refractivity contribution in [2.75, 3.05) is 0 Å². The summed E-state index contributed by atoms with van der Waals surface area (Å²) < 4.78 is 0. The number of H-pyrrole nitrogens is 1. The number of aromatic amines is 1. The van der Waals surface area contributed by atoms with Gasteiger partial charge in [-0.3, -0.25) is 4.79 Å². The quantitative estimate of drug-likeness (QED) is 0.798. The Labute approximate surface area is 94.5 Å². The number of nitrogens with zero attached hydrogens (tertiary/aromatic N) is 1. The molecule has 1 aromatic carbocycles. The molecule has 0 radical (unpaired) electrons. The van der Waals surface area contributed by atoms with Crippen LogP contribution in [0.25, 0.3) is 0 Å². The molecule has 3 heteroatoms. The molecule has 1 N–H and O–H groups in total. The molecule has 0 saturated heterocycles. The number of carbonyl (C=O) groups is 1. The van der Waals surface area contributed by atoms with Crippen molar-refractivity contribution in [3.05, 3.63) is 53.1 Å². The Morgan fingerprint density at radius 2 is 1.94 bits per heavy atom. The van der Waals surface area contributed by atoms with Crippen LogP contribution in [0.3, 0.4) is 0 Å². The molecule has 0 saturated carbocycles. The van der Waals surface area contributed by atoms with Gasteiger partial charge >= 0.3 is 0 Å². The fraction of sp³-hybridized carbons (Fsp3) is 0.231. The second kappa shape index (κ2) is 4.31. The Kier molecular flexibility index (Phi) is 2.86. The lowest BCUT2D eigenvalue weighted by Gasteiger charge is -2.03. The van der Waals surface area contributed by atoms with Crippen molar-refractivity contribution >= 4 is 5.78 Å². The van der Waals surface area contributed by atoms with E-state index < -0.39 is 0 Å². The molecule has 0 unspecified atom stereocenters. The molecule has 0 aliphatic rings. The number of hydrogen-bond donors (Lipinski definition) is 1. The molecule has 3 nitrogen and oxygen atoms in total. The molecule has 1 heterocycles. The van der Waals surface area contributed by atoms with Gasteiger partial charge in [0.2, 0.25) is 5.78 Å². The minimum Gasteiger partial charge on any atom is -0.342 e. The van der Waals surface area contributed by atoms with Crippen molar-refractivity contribution in [1.82, 2.24) is 9.97 Å². The average molecular weight is 214 g/mol. The molecule has 2 aromatic rings. The summed E-state index contributed by atoms with van der Waals surface area (Å²) in [4.78, 5) is 18.6. The maximum absolute atomic E-state index is 11.8. The first-order valence-corrected chi connectivity index (χ1v) is 5.25. The van der Waals surface area contributed by atoms with Crippen molar-refractivity contribution in [3.8, 4) is 0 Å². The number of rotatable bonds is 3. The summed E-state index contributed by atoms with van der Waals surface area (Å²) >= 11 is 0. The summed E-state index contributed by atoms with van der Waals surface area (Å²) in [5, 5.41) is 0. The first kappa shape index (κ1) is 10.6. The van der Waals surface area contributed by atoms with Gasteiger partial charge in [0, 0.05) is 18.8 Å². The standard InChI is InChI=1S/C13H14N2O/c1-9-5-10(2)7-11(6-9)8-12(16)13-14-3-4-15-13/h3-7H,8H2,1-2H3,(H,14,15). The normalized spacial score (nSPS) is 10.4. The Balaban J connectivity index is 2.18. The molecule has 0 spiro atoms. The van der Waals surface area contributed by atoms with E-state index in [1.165, 1.54) is 11.1 Å². The van der Waals surface area contributed by atoms with Crippen LogP contribution in [-0.2, 0) is 6.42 Å². The Morgan fingerprint density at radius 1 is 1.25 bits per heavy atom. The van der Waals surface area contributed by atoms with Crippen molar-refractivity contribution in [2.45, 2.75) is 20.3 Å². The van der Waals surface area contributed by atoms with Gasteiger partial charge in [-0.1, -0.05) is 29.3 Å². The van der Waals surface area contributed by atoms with Crippen molar-refractivity contribution in [1.29, 1.82) is 0 Å². The van der Waals surface area contributed by atoms with E-state index in [1.807, 2.05) is 26.0 Å². The topological polar surface area (TPSA) is 45.8 Å². The molecule has 0 bridgehead atoms. The minimum absolute atomic E-state index is 0.0231. The zero-order valence-electron chi connectivity index (χ0n) is 9.45. The molecule has 0 fully saturated rings. The van der Waals surface area contributed by atoms with Crippen LogP contribution in [0.5, 0.6) is 0 Å². The van der Waals surface area contributed by atoms with Crippen molar-refractivity contribution in [3.63, 3.8) is 0 Å². The molecular weight excluding hydrogens is 200 g/mol. The van der Waals surface area contributed by atoms with E-state index in [0.717, 1.165) is 5.56 Å². The Morgan fingerprint density at radius 3 is 2.50 bits per heavy atom. The van der Waals surface area contributed by atoms with E-state index in [0.29, 0.717) is 12.2 Å². The number of benzene rings is 1. The fourth-order valence-electron chi connectivity index (χ4n) is 1.86. The fourth-order valence-corrected chi connectivity index (χ4v) is 1.86. The summed E-state index contributed by atoms with van der Waals surface area (Å²) in [6.07, 6.45) is 3.65. The van der Waals surface area contributed by atoms with Crippen LogP contribution >= 0.6 is 0 Å². The number of Topliss-reactive ketones (excluding diaryl/α,β-unsaturated/α-hetero) is 1. The van der Waals surface area contributed by atoms with E-state index in [9.17, 15) is 4.79 Å². The number of aromatic nitrogens is 2. The van der Waals surface area contributed by atoms with Crippen LogP contribution in [-0.4, -0.2) is 15.8 Å². The van der Waals surface area contributed by atoms with Gasteiger partial charge in [0.1, 0.15) is 0 Å². The highest BCUT2D eigenvalue weighted by molar-refractivity contribution is 5.94. The highest BCUT2D eigenvalue weighted by Gasteiger charge is 2.09. The summed E-state index contributed by atoms with van der Waals surface area (Å²) in [7, 11) is 0. The molecule has 1 aromatic heterocycles. The Hall–Kier alpha value is -1.90. The van der Waals surface area contributed by atoms with Crippen LogP contribution in [0.2, 0.25) is 0 Å². The van der Waals surface area contributed by atoms with Gasteiger partial charge in [0.05, 0.1) is 0 Å². The third kappa shape index (κ3) is 2.37. The van der Waals surface area contributed by atoms with Gasteiger partial charge in [-0.15, -0.1) is 0 Å². The lowest BCUT2D eigenvalue weighted by molar-refractivity contribution is 0.0984. The molecule has 0 atom stereocenters. The third-order valence-corrected chi connectivity index (χ3v) is 2.41. The highest BCUT2D eigenvalue weighted by atomic mass is 16.1. The smallest absolute Gasteiger partial charge is 0.202 e. The van der Waals surface area contributed by atoms with Gasteiger partial charge in [-0.05, 0) is 19.4 Å². The molecule has 16 heavy (non-hydrogen) atoms. The van der Waals surface area contributed by atoms with E-state index in [1.54, 1.807) is 12.4 Å². The molecule has 0 aliphatic carbocycles. The molecular formula is C13H14N2O. The van der Waals surface area contributed by atoms with E-state index >= 15 is 0 Å². The molecule has 82 valence electrons. The summed E-state index contributed by atoms with van der Waals surface area (Å²) in [6, 6.07) is 6.17. The monoisotopic (exact) mass is 214 g/mol. The predicted octanol–water partition coefficient (Wildman–Crippen LogP) is 2.45. The maximum atomic E-state index is 11.8. The Bertz CT molecular complexity index is 480.